The lowest BCUT2D eigenvalue weighted by molar-refractivity contribution is -0.234. The Morgan fingerprint density at radius 3 is 2.64 bits per heavy atom. The zero-order chi connectivity index (χ0) is 19.8. The molecule has 0 saturated carbocycles. The average Bonchev–Trinajstić information content (AvgIpc) is 2.71. The highest BCUT2D eigenvalue weighted by Gasteiger charge is 2.50. The standard InChI is InChI=1S/C21H22O7/c1-26-15-5-3-2-4-12(15)8-11-6-7-13-14(9-11)19-20(28-21(13)25)18(24)17(23)16(10-22)27-19/h2-7,9,16-20,22-24H,8,10H2,1H3/t16-,17-,18+,19+,20-/m1/s1. The molecule has 0 unspecified atom stereocenters. The molecule has 3 N–H and O–H groups in total. The Balaban J connectivity index is 1.70. The first-order valence-corrected chi connectivity index (χ1v) is 9.11. The minimum Gasteiger partial charge on any atom is -0.496 e. The first kappa shape index (κ1) is 18.9. The molecule has 148 valence electrons. The Bertz CT molecular complexity index is 881. The first-order valence-electron chi connectivity index (χ1n) is 9.11. The molecular weight excluding hydrogens is 364 g/mol. The summed E-state index contributed by atoms with van der Waals surface area (Å²) in [6.45, 7) is -0.453. The van der Waals surface area contributed by atoms with Gasteiger partial charge in [-0.05, 0) is 28.8 Å². The number of esters is 1. The summed E-state index contributed by atoms with van der Waals surface area (Å²) in [5.41, 5.74) is 2.86. The number of hydrogen-bond donors (Lipinski definition) is 3. The zero-order valence-corrected chi connectivity index (χ0v) is 15.3. The van der Waals surface area contributed by atoms with Gasteiger partial charge < -0.3 is 29.5 Å². The molecule has 7 heteroatoms. The minimum absolute atomic E-state index is 0.352. The van der Waals surface area contributed by atoms with Crippen molar-refractivity contribution in [1.29, 1.82) is 0 Å². The molecule has 0 bridgehead atoms. The fourth-order valence-electron chi connectivity index (χ4n) is 3.87. The summed E-state index contributed by atoms with van der Waals surface area (Å²) in [5.74, 6) is 0.197. The van der Waals surface area contributed by atoms with E-state index in [2.05, 4.69) is 0 Å². The quantitative estimate of drug-likeness (QED) is 0.673. The smallest absolute Gasteiger partial charge is 0.338 e. The van der Waals surface area contributed by atoms with E-state index in [1.54, 1.807) is 13.2 Å². The van der Waals surface area contributed by atoms with Crippen LogP contribution in [0.25, 0.3) is 0 Å². The molecule has 1 fully saturated rings. The number of fused-ring (bicyclic) bond motifs is 3. The van der Waals surface area contributed by atoms with E-state index >= 15 is 0 Å². The van der Waals surface area contributed by atoms with Gasteiger partial charge in [-0.2, -0.15) is 0 Å². The minimum atomic E-state index is -1.34. The number of ether oxygens (including phenoxy) is 3. The summed E-state index contributed by atoms with van der Waals surface area (Å²) in [6, 6.07) is 13.0. The van der Waals surface area contributed by atoms with Crippen LogP contribution in [0.15, 0.2) is 42.5 Å². The van der Waals surface area contributed by atoms with Crippen LogP contribution >= 0.6 is 0 Å². The lowest BCUT2D eigenvalue weighted by Crippen LogP contribution is -2.58. The monoisotopic (exact) mass is 386 g/mol. The number of aliphatic hydroxyl groups excluding tert-OH is 3. The highest BCUT2D eigenvalue weighted by molar-refractivity contribution is 5.92. The van der Waals surface area contributed by atoms with Crippen molar-refractivity contribution in [3.63, 3.8) is 0 Å². The molecule has 0 aliphatic carbocycles. The van der Waals surface area contributed by atoms with Crippen LogP contribution in [0.5, 0.6) is 5.75 Å². The van der Waals surface area contributed by atoms with Crippen molar-refractivity contribution in [2.45, 2.75) is 36.9 Å². The number of rotatable bonds is 4. The molecule has 0 spiro atoms. The fraction of sp³-hybridized carbons (Fsp3) is 0.381. The van der Waals surface area contributed by atoms with Gasteiger partial charge in [0.2, 0.25) is 0 Å². The van der Waals surface area contributed by atoms with E-state index < -0.39 is 43.1 Å². The highest BCUT2D eigenvalue weighted by Crippen LogP contribution is 2.40. The van der Waals surface area contributed by atoms with Crippen LogP contribution in [0, 0.1) is 0 Å². The summed E-state index contributed by atoms with van der Waals surface area (Å²) in [5, 5.41) is 29.9. The normalized spacial score (nSPS) is 28.9. The number of methoxy groups -OCH3 is 1. The van der Waals surface area contributed by atoms with Gasteiger partial charge in [-0.15, -0.1) is 0 Å². The molecule has 7 nitrogen and oxygen atoms in total. The second-order valence-electron chi connectivity index (χ2n) is 7.04. The van der Waals surface area contributed by atoms with Crippen LogP contribution in [-0.2, 0) is 15.9 Å². The summed E-state index contributed by atoms with van der Waals surface area (Å²) >= 11 is 0. The molecule has 4 rings (SSSR count). The van der Waals surface area contributed by atoms with Crippen LogP contribution in [0.3, 0.4) is 0 Å². The van der Waals surface area contributed by atoms with Crippen LogP contribution in [-0.4, -0.2) is 59.4 Å². The van der Waals surface area contributed by atoms with Crippen LogP contribution in [0.4, 0.5) is 0 Å². The maximum Gasteiger partial charge on any atom is 0.338 e. The van der Waals surface area contributed by atoms with Gasteiger partial charge >= 0.3 is 5.97 Å². The third kappa shape index (κ3) is 3.16. The van der Waals surface area contributed by atoms with Crippen molar-refractivity contribution >= 4 is 5.97 Å². The molecule has 2 aliphatic heterocycles. The van der Waals surface area contributed by atoms with Crippen molar-refractivity contribution in [3.8, 4) is 5.75 Å². The molecule has 5 atom stereocenters. The summed E-state index contributed by atoms with van der Waals surface area (Å²) in [4.78, 5) is 12.4. The van der Waals surface area contributed by atoms with Gasteiger partial charge in [0, 0.05) is 6.42 Å². The molecular formula is C21H22O7. The summed E-state index contributed by atoms with van der Waals surface area (Å²) < 4.78 is 16.5. The second-order valence-corrected chi connectivity index (χ2v) is 7.04. The summed E-state index contributed by atoms with van der Waals surface area (Å²) in [6.07, 6.45) is -4.85. The fourth-order valence-corrected chi connectivity index (χ4v) is 3.87. The topological polar surface area (TPSA) is 105 Å². The maximum absolute atomic E-state index is 12.4. The Kier molecular flexibility index (Phi) is 5.07. The van der Waals surface area contributed by atoms with E-state index in [0.717, 1.165) is 16.9 Å². The van der Waals surface area contributed by atoms with E-state index in [4.69, 9.17) is 14.2 Å². The predicted molar refractivity (Wildman–Crippen MR) is 98.2 cm³/mol. The predicted octanol–water partition coefficient (Wildman–Crippen LogP) is 0.979. The number of para-hydroxylation sites is 1. The van der Waals surface area contributed by atoms with Gasteiger partial charge in [-0.25, -0.2) is 4.79 Å². The Labute approximate surface area is 162 Å². The van der Waals surface area contributed by atoms with Crippen molar-refractivity contribution in [3.05, 3.63) is 64.7 Å². The number of carbonyl (C=O) groups excluding carboxylic acids is 1. The van der Waals surface area contributed by atoms with Crippen molar-refractivity contribution in [2.75, 3.05) is 13.7 Å². The third-order valence-electron chi connectivity index (χ3n) is 5.34. The summed E-state index contributed by atoms with van der Waals surface area (Å²) in [7, 11) is 1.61. The average molecular weight is 386 g/mol. The number of aliphatic hydroxyl groups is 3. The van der Waals surface area contributed by atoms with Gasteiger partial charge in [-0.1, -0.05) is 30.3 Å². The van der Waals surface area contributed by atoms with E-state index in [1.165, 1.54) is 0 Å². The van der Waals surface area contributed by atoms with Gasteiger partial charge in [0.15, 0.2) is 6.10 Å². The Hall–Kier alpha value is -2.45. The van der Waals surface area contributed by atoms with Crippen LogP contribution in [0.1, 0.15) is 33.2 Å². The van der Waals surface area contributed by atoms with E-state index in [-0.39, 0.29) is 0 Å². The highest BCUT2D eigenvalue weighted by atomic mass is 16.6. The van der Waals surface area contributed by atoms with Crippen LogP contribution < -0.4 is 4.74 Å². The largest absolute Gasteiger partial charge is 0.496 e. The molecule has 1 saturated heterocycles. The van der Waals surface area contributed by atoms with Gasteiger partial charge in [0.05, 0.1) is 19.3 Å². The van der Waals surface area contributed by atoms with Crippen molar-refractivity contribution in [2.24, 2.45) is 0 Å². The van der Waals surface area contributed by atoms with Gasteiger partial charge in [-0.3, -0.25) is 0 Å². The van der Waals surface area contributed by atoms with Gasteiger partial charge in [0.25, 0.3) is 0 Å². The first-order chi connectivity index (χ1) is 13.5. The van der Waals surface area contributed by atoms with Crippen molar-refractivity contribution < 1.29 is 34.3 Å². The SMILES string of the molecule is COc1ccccc1Cc1ccc2c(c1)[C@@H]1O[C@H](CO)[C@@H](O)[C@H](O)[C@H]1OC2=O. The molecule has 2 aromatic rings. The molecule has 28 heavy (non-hydrogen) atoms. The van der Waals surface area contributed by atoms with E-state index in [0.29, 0.717) is 17.5 Å². The lowest BCUT2D eigenvalue weighted by Gasteiger charge is -2.44. The number of carbonyl (C=O) groups is 1. The maximum atomic E-state index is 12.4. The molecule has 2 aliphatic rings. The third-order valence-corrected chi connectivity index (χ3v) is 5.34. The van der Waals surface area contributed by atoms with E-state index in [9.17, 15) is 20.1 Å². The van der Waals surface area contributed by atoms with Crippen molar-refractivity contribution in [1.82, 2.24) is 0 Å². The number of hydrogen-bond acceptors (Lipinski definition) is 7. The second kappa shape index (κ2) is 7.52. The lowest BCUT2D eigenvalue weighted by atomic mass is 9.85. The molecule has 0 aromatic heterocycles. The molecule has 2 aromatic carbocycles. The molecule has 0 amide bonds. The van der Waals surface area contributed by atoms with Gasteiger partial charge in [0.1, 0.15) is 30.2 Å². The Morgan fingerprint density at radius 2 is 1.89 bits per heavy atom. The van der Waals surface area contributed by atoms with Crippen LogP contribution in [0.2, 0.25) is 0 Å². The molecule has 0 radical (unpaired) electrons. The molecule has 2 heterocycles. The van der Waals surface area contributed by atoms with E-state index in [1.807, 2.05) is 36.4 Å². The zero-order valence-electron chi connectivity index (χ0n) is 15.3. The Morgan fingerprint density at radius 1 is 1.11 bits per heavy atom. The number of benzene rings is 2.